The Balaban J connectivity index is 1.99. The molecule has 0 radical (unpaired) electrons. The van der Waals surface area contributed by atoms with Crippen molar-refractivity contribution in [3.63, 3.8) is 0 Å². The van der Waals surface area contributed by atoms with Gasteiger partial charge in [0.05, 0.1) is 0 Å². The minimum Gasteiger partial charge on any atom is -0.309 e. The van der Waals surface area contributed by atoms with Gasteiger partial charge in [0, 0.05) is 22.2 Å². The lowest BCUT2D eigenvalue weighted by atomic mass is 9.93. The molecule has 1 aromatic heterocycles. The first-order chi connectivity index (χ1) is 8.74. The molecule has 2 rings (SSSR count). The van der Waals surface area contributed by atoms with Crippen molar-refractivity contribution in [2.75, 3.05) is 12.8 Å². The van der Waals surface area contributed by atoms with Gasteiger partial charge in [-0.15, -0.1) is 11.3 Å². The number of fused-ring (bicyclic) bond motifs is 1. The summed E-state index contributed by atoms with van der Waals surface area (Å²) in [5.41, 5.74) is 1.58. The van der Waals surface area contributed by atoms with Gasteiger partial charge in [0.25, 0.3) is 0 Å². The van der Waals surface area contributed by atoms with Crippen LogP contribution in [0.25, 0.3) is 0 Å². The predicted molar refractivity (Wildman–Crippen MR) is 84.8 cm³/mol. The van der Waals surface area contributed by atoms with Gasteiger partial charge in [0.1, 0.15) is 0 Å². The number of nitrogens with one attached hydrogen (secondary N) is 1. The molecule has 1 atom stereocenters. The van der Waals surface area contributed by atoms with Crippen LogP contribution in [0.3, 0.4) is 0 Å². The van der Waals surface area contributed by atoms with E-state index in [1.807, 2.05) is 23.1 Å². The monoisotopic (exact) mass is 283 g/mol. The van der Waals surface area contributed by atoms with Crippen molar-refractivity contribution in [3.05, 3.63) is 21.9 Å². The second-order valence-corrected chi connectivity index (χ2v) is 7.49. The lowest BCUT2D eigenvalue weighted by molar-refractivity contribution is 0.412. The van der Waals surface area contributed by atoms with Gasteiger partial charge in [-0.3, -0.25) is 0 Å². The summed E-state index contributed by atoms with van der Waals surface area (Å²) in [5, 5.41) is 6.10. The maximum Gasteiger partial charge on any atom is 0.0331 e. The minimum atomic E-state index is 0.424. The number of hydrogen-bond donors (Lipinski definition) is 1. The Kier molecular flexibility index (Phi) is 5.16. The van der Waals surface area contributed by atoms with Crippen LogP contribution in [0.2, 0.25) is 0 Å². The molecule has 0 saturated carbocycles. The van der Waals surface area contributed by atoms with Crippen molar-refractivity contribution >= 4 is 23.1 Å². The fourth-order valence-electron chi connectivity index (χ4n) is 2.87. The zero-order chi connectivity index (χ0) is 13.0. The molecular formula is C15H25NS2. The van der Waals surface area contributed by atoms with Crippen LogP contribution in [0, 0.1) is 0 Å². The quantitative estimate of drug-likeness (QED) is 0.816. The molecular weight excluding hydrogens is 258 g/mol. The van der Waals surface area contributed by atoms with Crippen molar-refractivity contribution in [2.24, 2.45) is 0 Å². The third-order valence-corrected chi connectivity index (χ3v) is 7.03. The highest BCUT2D eigenvalue weighted by Gasteiger charge is 2.27. The molecule has 1 heterocycles. The summed E-state index contributed by atoms with van der Waals surface area (Å²) in [6.07, 6.45) is 8.70. The standard InChI is InChI=1S/C15H25NS2/c1-4-15(5-2,17-3)11-16-13-7-6-8-14-12(13)9-10-18-14/h9-10,13,16H,4-8,11H2,1-3H3. The molecule has 0 aromatic carbocycles. The van der Waals surface area contributed by atoms with Crippen LogP contribution in [0.5, 0.6) is 0 Å². The van der Waals surface area contributed by atoms with Crippen LogP contribution in [0.1, 0.15) is 56.0 Å². The third-order valence-electron chi connectivity index (χ3n) is 4.44. The van der Waals surface area contributed by atoms with Crippen molar-refractivity contribution in [1.29, 1.82) is 0 Å². The minimum absolute atomic E-state index is 0.424. The highest BCUT2D eigenvalue weighted by molar-refractivity contribution is 8.00. The van der Waals surface area contributed by atoms with E-state index in [-0.39, 0.29) is 0 Å². The Morgan fingerprint density at radius 1 is 1.44 bits per heavy atom. The predicted octanol–water partition coefficient (Wildman–Crippen LogP) is 4.64. The lowest BCUT2D eigenvalue weighted by Crippen LogP contribution is -2.39. The first-order valence-electron chi connectivity index (χ1n) is 7.09. The van der Waals surface area contributed by atoms with E-state index < -0.39 is 0 Å². The highest BCUT2D eigenvalue weighted by Crippen LogP contribution is 2.35. The lowest BCUT2D eigenvalue weighted by Gasteiger charge is -2.33. The summed E-state index contributed by atoms with van der Waals surface area (Å²) < 4.78 is 0.424. The summed E-state index contributed by atoms with van der Waals surface area (Å²) in [6.45, 7) is 5.78. The molecule has 0 saturated heterocycles. The molecule has 1 aliphatic carbocycles. The fourth-order valence-corrected chi connectivity index (χ4v) is 4.66. The third kappa shape index (κ3) is 2.94. The van der Waals surface area contributed by atoms with Gasteiger partial charge in [-0.05, 0) is 55.4 Å². The van der Waals surface area contributed by atoms with Gasteiger partial charge < -0.3 is 5.32 Å². The first kappa shape index (κ1) is 14.4. The number of hydrogen-bond acceptors (Lipinski definition) is 3. The molecule has 0 aliphatic heterocycles. The molecule has 1 N–H and O–H groups in total. The van der Waals surface area contributed by atoms with Crippen LogP contribution >= 0.6 is 23.1 Å². The van der Waals surface area contributed by atoms with E-state index in [9.17, 15) is 0 Å². The van der Waals surface area contributed by atoms with Crippen LogP contribution in [0.15, 0.2) is 11.4 Å². The molecule has 0 amide bonds. The Morgan fingerprint density at radius 2 is 2.22 bits per heavy atom. The average molecular weight is 284 g/mol. The Morgan fingerprint density at radius 3 is 2.89 bits per heavy atom. The van der Waals surface area contributed by atoms with E-state index >= 15 is 0 Å². The first-order valence-corrected chi connectivity index (χ1v) is 9.20. The average Bonchev–Trinajstić information content (AvgIpc) is 2.90. The zero-order valence-corrected chi connectivity index (χ0v) is 13.4. The van der Waals surface area contributed by atoms with Crippen molar-refractivity contribution < 1.29 is 0 Å². The van der Waals surface area contributed by atoms with Crippen LogP contribution in [-0.2, 0) is 6.42 Å². The van der Waals surface area contributed by atoms with E-state index in [0.29, 0.717) is 10.8 Å². The van der Waals surface area contributed by atoms with Crippen molar-refractivity contribution in [3.8, 4) is 0 Å². The van der Waals surface area contributed by atoms with Gasteiger partial charge >= 0.3 is 0 Å². The summed E-state index contributed by atoms with van der Waals surface area (Å²) in [4.78, 5) is 1.61. The molecule has 102 valence electrons. The Hall–Kier alpha value is 0.01000. The van der Waals surface area contributed by atoms with Gasteiger partial charge in [-0.25, -0.2) is 0 Å². The normalized spacial score (nSPS) is 19.8. The molecule has 1 unspecified atom stereocenters. The summed E-state index contributed by atoms with van der Waals surface area (Å²) in [6, 6.07) is 2.93. The molecule has 18 heavy (non-hydrogen) atoms. The molecule has 0 fully saturated rings. The summed E-state index contributed by atoms with van der Waals surface area (Å²) in [7, 11) is 0. The summed E-state index contributed by atoms with van der Waals surface area (Å²) in [5.74, 6) is 0. The highest BCUT2D eigenvalue weighted by atomic mass is 32.2. The molecule has 1 aliphatic rings. The van der Waals surface area contributed by atoms with Gasteiger partial charge in [-0.1, -0.05) is 13.8 Å². The number of rotatable bonds is 6. The maximum absolute atomic E-state index is 3.84. The number of aryl methyl sites for hydroxylation is 1. The number of thiophene rings is 1. The summed E-state index contributed by atoms with van der Waals surface area (Å²) >= 11 is 3.96. The Bertz CT molecular complexity index is 360. The smallest absolute Gasteiger partial charge is 0.0331 e. The molecule has 1 aromatic rings. The topological polar surface area (TPSA) is 12.0 Å². The second-order valence-electron chi connectivity index (χ2n) is 5.22. The number of thioether (sulfide) groups is 1. The Labute approximate surface area is 120 Å². The van der Waals surface area contributed by atoms with Crippen molar-refractivity contribution in [1.82, 2.24) is 5.32 Å². The van der Waals surface area contributed by atoms with E-state index in [0.717, 1.165) is 6.54 Å². The molecule has 3 heteroatoms. The van der Waals surface area contributed by atoms with E-state index in [2.05, 4.69) is 36.9 Å². The zero-order valence-electron chi connectivity index (χ0n) is 11.8. The van der Waals surface area contributed by atoms with Gasteiger partial charge in [-0.2, -0.15) is 11.8 Å². The van der Waals surface area contributed by atoms with Crippen molar-refractivity contribution in [2.45, 2.75) is 56.7 Å². The molecule has 0 spiro atoms. The largest absolute Gasteiger partial charge is 0.309 e. The second kappa shape index (κ2) is 6.44. The van der Waals surface area contributed by atoms with Crippen LogP contribution in [-0.4, -0.2) is 17.5 Å². The fraction of sp³-hybridized carbons (Fsp3) is 0.733. The van der Waals surface area contributed by atoms with Crippen LogP contribution < -0.4 is 5.32 Å². The SMILES string of the molecule is CCC(CC)(CNC1CCCc2sccc21)SC. The molecule has 0 bridgehead atoms. The maximum atomic E-state index is 3.84. The van der Waals surface area contributed by atoms with E-state index in [1.165, 1.54) is 32.1 Å². The van der Waals surface area contributed by atoms with E-state index in [4.69, 9.17) is 0 Å². The van der Waals surface area contributed by atoms with Crippen LogP contribution in [0.4, 0.5) is 0 Å². The molecule has 1 nitrogen and oxygen atoms in total. The van der Waals surface area contributed by atoms with E-state index in [1.54, 1.807) is 10.4 Å². The van der Waals surface area contributed by atoms with Gasteiger partial charge in [0.15, 0.2) is 0 Å². The van der Waals surface area contributed by atoms with Gasteiger partial charge in [0.2, 0.25) is 0 Å².